The maximum absolute atomic E-state index is 11.4. The van der Waals surface area contributed by atoms with Gasteiger partial charge in [0.15, 0.2) is 9.84 Å². The Morgan fingerprint density at radius 3 is 2.38 bits per heavy atom. The van der Waals surface area contributed by atoms with Crippen molar-refractivity contribution in [1.29, 1.82) is 0 Å². The minimum absolute atomic E-state index is 0.0467. The number of hydrogen-bond acceptors (Lipinski definition) is 5. The van der Waals surface area contributed by atoms with Crippen LogP contribution in [0.2, 0.25) is 0 Å². The highest BCUT2D eigenvalue weighted by molar-refractivity contribution is 7.90. The van der Waals surface area contributed by atoms with Crippen LogP contribution < -0.4 is 5.32 Å². The normalized spacial score (nSPS) is 20.1. The van der Waals surface area contributed by atoms with Crippen molar-refractivity contribution in [2.45, 2.75) is 36.3 Å². The summed E-state index contributed by atoms with van der Waals surface area (Å²) in [5, 5.41) is 13.7. The molecule has 2 N–H and O–H groups in total. The standard InChI is InChI=1S/C15H23NO4S/c1-12(16-11-15(17)7-9-20-10-8-15)13-3-5-14(6-4-13)21(2,18)19/h3-6,12,16-17H,7-11H2,1-2H3. The van der Waals surface area contributed by atoms with Crippen molar-refractivity contribution < 1.29 is 18.3 Å². The SMILES string of the molecule is CC(NCC1(O)CCOCC1)c1ccc(S(C)(=O)=O)cc1. The van der Waals surface area contributed by atoms with Crippen molar-refractivity contribution in [3.8, 4) is 0 Å². The van der Waals surface area contributed by atoms with Gasteiger partial charge in [0.1, 0.15) is 0 Å². The summed E-state index contributed by atoms with van der Waals surface area (Å²) >= 11 is 0. The van der Waals surface area contributed by atoms with Crippen LogP contribution in [0.4, 0.5) is 0 Å². The average Bonchev–Trinajstić information content (AvgIpc) is 2.45. The fourth-order valence-electron chi connectivity index (χ4n) is 2.39. The molecule has 0 bridgehead atoms. The second-order valence-corrected chi connectivity index (χ2v) is 7.80. The van der Waals surface area contributed by atoms with Crippen LogP contribution in [0.1, 0.15) is 31.4 Å². The van der Waals surface area contributed by atoms with E-state index in [-0.39, 0.29) is 6.04 Å². The highest BCUT2D eigenvalue weighted by atomic mass is 32.2. The zero-order valence-corrected chi connectivity index (χ0v) is 13.3. The van der Waals surface area contributed by atoms with Crippen LogP contribution in [0.25, 0.3) is 0 Å². The van der Waals surface area contributed by atoms with Crippen LogP contribution in [-0.4, -0.2) is 45.1 Å². The average molecular weight is 313 g/mol. The van der Waals surface area contributed by atoms with E-state index in [2.05, 4.69) is 5.32 Å². The Morgan fingerprint density at radius 2 is 1.86 bits per heavy atom. The molecule has 118 valence electrons. The van der Waals surface area contributed by atoms with Crippen molar-refractivity contribution in [3.63, 3.8) is 0 Å². The van der Waals surface area contributed by atoms with Gasteiger partial charge in [-0.05, 0) is 24.6 Å². The van der Waals surface area contributed by atoms with Gasteiger partial charge in [0.25, 0.3) is 0 Å². The van der Waals surface area contributed by atoms with Crippen LogP contribution in [-0.2, 0) is 14.6 Å². The minimum Gasteiger partial charge on any atom is -0.388 e. The highest BCUT2D eigenvalue weighted by Gasteiger charge is 2.29. The lowest BCUT2D eigenvalue weighted by molar-refractivity contribution is -0.0626. The number of ether oxygens (including phenoxy) is 1. The van der Waals surface area contributed by atoms with Crippen molar-refractivity contribution >= 4 is 9.84 Å². The van der Waals surface area contributed by atoms with Gasteiger partial charge in [-0.15, -0.1) is 0 Å². The van der Waals surface area contributed by atoms with E-state index < -0.39 is 15.4 Å². The van der Waals surface area contributed by atoms with E-state index >= 15 is 0 Å². The molecule has 1 aliphatic heterocycles. The first-order valence-electron chi connectivity index (χ1n) is 7.14. The maximum Gasteiger partial charge on any atom is 0.175 e. The second-order valence-electron chi connectivity index (χ2n) is 5.78. The fourth-order valence-corrected chi connectivity index (χ4v) is 3.02. The summed E-state index contributed by atoms with van der Waals surface area (Å²) in [6, 6.07) is 6.90. The van der Waals surface area contributed by atoms with Gasteiger partial charge in [0.2, 0.25) is 0 Å². The molecule has 1 aliphatic rings. The van der Waals surface area contributed by atoms with E-state index in [0.717, 1.165) is 5.56 Å². The zero-order valence-electron chi connectivity index (χ0n) is 12.5. The van der Waals surface area contributed by atoms with Gasteiger partial charge in [-0.2, -0.15) is 0 Å². The van der Waals surface area contributed by atoms with Gasteiger partial charge in [-0.25, -0.2) is 8.42 Å². The molecule has 0 saturated carbocycles. The molecule has 1 aromatic rings. The Morgan fingerprint density at radius 1 is 1.29 bits per heavy atom. The van der Waals surface area contributed by atoms with E-state index in [1.165, 1.54) is 6.26 Å². The van der Waals surface area contributed by atoms with E-state index in [4.69, 9.17) is 4.74 Å². The predicted molar refractivity (Wildman–Crippen MR) is 81.0 cm³/mol. The van der Waals surface area contributed by atoms with Crippen LogP contribution in [0, 0.1) is 0 Å². The van der Waals surface area contributed by atoms with Gasteiger partial charge in [0.05, 0.1) is 10.5 Å². The van der Waals surface area contributed by atoms with Gasteiger partial charge in [0, 0.05) is 44.9 Å². The topological polar surface area (TPSA) is 75.6 Å². The Bertz CT molecular complexity index is 562. The summed E-state index contributed by atoms with van der Waals surface area (Å²) < 4.78 is 28.1. The second kappa shape index (κ2) is 6.44. The van der Waals surface area contributed by atoms with Crippen LogP contribution in [0.3, 0.4) is 0 Å². The molecule has 2 rings (SSSR count). The van der Waals surface area contributed by atoms with Gasteiger partial charge >= 0.3 is 0 Å². The molecule has 1 saturated heterocycles. The largest absolute Gasteiger partial charge is 0.388 e. The summed E-state index contributed by atoms with van der Waals surface area (Å²) in [6.07, 6.45) is 2.48. The highest BCUT2D eigenvalue weighted by Crippen LogP contribution is 2.22. The number of nitrogens with one attached hydrogen (secondary N) is 1. The van der Waals surface area contributed by atoms with E-state index in [1.807, 2.05) is 19.1 Å². The molecule has 0 aliphatic carbocycles. The van der Waals surface area contributed by atoms with Crippen LogP contribution in [0.15, 0.2) is 29.2 Å². The number of sulfone groups is 1. The number of benzene rings is 1. The molecule has 1 unspecified atom stereocenters. The Labute approximate surface area is 126 Å². The molecular weight excluding hydrogens is 290 g/mol. The first kappa shape index (κ1) is 16.4. The lowest BCUT2D eigenvalue weighted by Gasteiger charge is -2.33. The van der Waals surface area contributed by atoms with Crippen LogP contribution >= 0.6 is 0 Å². The number of rotatable bonds is 5. The van der Waals surface area contributed by atoms with Gasteiger partial charge in [-0.3, -0.25) is 0 Å². The summed E-state index contributed by atoms with van der Waals surface area (Å²) in [7, 11) is -3.16. The minimum atomic E-state index is -3.16. The lowest BCUT2D eigenvalue weighted by atomic mass is 9.94. The Hall–Kier alpha value is -0.950. The molecule has 0 radical (unpaired) electrons. The summed E-state index contributed by atoms with van der Waals surface area (Å²) in [5.74, 6) is 0. The number of aliphatic hydroxyl groups is 1. The third-order valence-corrected chi connectivity index (χ3v) is 5.10. The van der Waals surface area contributed by atoms with Crippen molar-refractivity contribution in [2.24, 2.45) is 0 Å². The van der Waals surface area contributed by atoms with Crippen LogP contribution in [0.5, 0.6) is 0 Å². The predicted octanol–water partition coefficient (Wildman–Crippen LogP) is 1.28. The summed E-state index contributed by atoms with van der Waals surface area (Å²) in [5.41, 5.74) is 0.289. The molecule has 1 aromatic carbocycles. The molecule has 1 atom stereocenters. The maximum atomic E-state index is 11.4. The fraction of sp³-hybridized carbons (Fsp3) is 0.600. The zero-order chi connectivity index (χ0) is 15.5. The molecule has 1 heterocycles. The molecule has 0 aromatic heterocycles. The smallest absolute Gasteiger partial charge is 0.175 e. The molecule has 1 fully saturated rings. The monoisotopic (exact) mass is 313 g/mol. The molecule has 6 heteroatoms. The molecule has 21 heavy (non-hydrogen) atoms. The lowest BCUT2D eigenvalue weighted by Crippen LogP contribution is -2.45. The van der Waals surface area contributed by atoms with Crippen molar-refractivity contribution in [1.82, 2.24) is 5.32 Å². The van der Waals surface area contributed by atoms with E-state index in [0.29, 0.717) is 37.5 Å². The Kier molecular flexibility index (Phi) is 5.03. The van der Waals surface area contributed by atoms with Crippen molar-refractivity contribution in [2.75, 3.05) is 26.0 Å². The third kappa shape index (κ3) is 4.51. The third-order valence-electron chi connectivity index (χ3n) is 3.97. The van der Waals surface area contributed by atoms with E-state index in [9.17, 15) is 13.5 Å². The quantitative estimate of drug-likeness (QED) is 0.856. The molecule has 0 spiro atoms. The first-order valence-corrected chi connectivity index (χ1v) is 9.03. The molecular formula is C15H23NO4S. The molecule has 5 nitrogen and oxygen atoms in total. The van der Waals surface area contributed by atoms with Gasteiger partial charge in [-0.1, -0.05) is 12.1 Å². The van der Waals surface area contributed by atoms with Crippen molar-refractivity contribution in [3.05, 3.63) is 29.8 Å². The molecule has 0 amide bonds. The summed E-state index contributed by atoms with van der Waals surface area (Å²) in [6.45, 7) is 3.69. The Balaban J connectivity index is 1.95. The van der Waals surface area contributed by atoms with E-state index in [1.54, 1.807) is 12.1 Å². The number of hydrogen-bond donors (Lipinski definition) is 2. The summed E-state index contributed by atoms with van der Waals surface area (Å²) in [4.78, 5) is 0.321. The van der Waals surface area contributed by atoms with Gasteiger partial charge < -0.3 is 15.2 Å². The first-order chi connectivity index (χ1) is 9.80.